The molecule has 56 heavy (non-hydrogen) atoms. The highest BCUT2D eigenvalue weighted by molar-refractivity contribution is 7.45. The normalized spacial score (nSPS) is 13.9. The summed E-state index contributed by atoms with van der Waals surface area (Å²) in [5.41, 5.74) is 0. The monoisotopic (exact) mass is 812 g/mol. The van der Waals surface area contributed by atoms with Crippen LogP contribution in [0.4, 0.5) is 0 Å². The van der Waals surface area contributed by atoms with Crippen LogP contribution in [0.5, 0.6) is 0 Å². The van der Waals surface area contributed by atoms with Crippen LogP contribution in [0.2, 0.25) is 0 Å². The SMILES string of the molecule is CCCCCC/C=C/CCCCCCCCCC(=O)O[C@H](COC(=O)CCC/C=C/C/C=C/CCCCCCCCCCC)COP(=O)([O-])OCC[N+](C)(C)C. The highest BCUT2D eigenvalue weighted by atomic mass is 31.2. The van der Waals surface area contributed by atoms with Crippen LogP contribution in [0, 0.1) is 0 Å². The number of phosphoric ester groups is 1. The molecular weight excluding hydrogens is 725 g/mol. The van der Waals surface area contributed by atoms with Gasteiger partial charge in [0.15, 0.2) is 6.10 Å². The van der Waals surface area contributed by atoms with Gasteiger partial charge in [-0.3, -0.25) is 14.2 Å². The van der Waals surface area contributed by atoms with Gasteiger partial charge in [-0.2, -0.15) is 0 Å². The third kappa shape index (κ3) is 41.9. The van der Waals surface area contributed by atoms with Crippen molar-refractivity contribution in [1.82, 2.24) is 0 Å². The molecule has 0 rings (SSSR count). The van der Waals surface area contributed by atoms with Crippen molar-refractivity contribution in [1.29, 1.82) is 0 Å². The van der Waals surface area contributed by atoms with Crippen LogP contribution < -0.4 is 4.89 Å². The second kappa shape index (κ2) is 38.7. The van der Waals surface area contributed by atoms with Gasteiger partial charge in [0.25, 0.3) is 7.82 Å². The van der Waals surface area contributed by atoms with Gasteiger partial charge in [0.2, 0.25) is 0 Å². The van der Waals surface area contributed by atoms with Crippen molar-refractivity contribution < 1.29 is 42.1 Å². The predicted octanol–water partition coefficient (Wildman–Crippen LogP) is 12.3. The summed E-state index contributed by atoms with van der Waals surface area (Å²) >= 11 is 0. The fourth-order valence-corrected chi connectivity index (χ4v) is 6.77. The maximum atomic E-state index is 12.7. The van der Waals surface area contributed by atoms with Crippen molar-refractivity contribution in [3.8, 4) is 0 Å². The summed E-state index contributed by atoms with van der Waals surface area (Å²) in [7, 11) is 1.14. The molecule has 0 spiro atoms. The molecule has 0 bridgehead atoms. The standard InChI is InChI=1S/C46H86NO8P/c1-6-8-10-12-14-16-18-20-22-23-25-26-28-30-32-34-36-38-45(48)52-42-44(43-54-56(50,51)53-41-40-47(3,4)5)55-46(49)39-37-35-33-31-29-27-24-21-19-17-15-13-11-9-7-2/h17,19,25-26,30,32,44H,6-16,18,20-24,27-29,31,33-43H2,1-5H3/b19-17+,26-25+,32-30+/t44-/m1/s1. The van der Waals surface area contributed by atoms with Crippen molar-refractivity contribution in [2.45, 2.75) is 200 Å². The van der Waals surface area contributed by atoms with Gasteiger partial charge in [0.05, 0.1) is 27.7 Å². The lowest BCUT2D eigenvalue weighted by atomic mass is 10.1. The molecule has 10 heteroatoms. The van der Waals surface area contributed by atoms with Crippen LogP contribution in [-0.4, -0.2) is 70.0 Å². The minimum Gasteiger partial charge on any atom is -0.756 e. The molecule has 0 amide bonds. The fraction of sp³-hybridized carbons (Fsp3) is 0.826. The number of hydrogen-bond donors (Lipinski definition) is 0. The van der Waals surface area contributed by atoms with E-state index in [0.717, 1.165) is 44.9 Å². The molecule has 0 aromatic rings. The minimum atomic E-state index is -4.63. The molecule has 0 aromatic heterocycles. The van der Waals surface area contributed by atoms with Crippen LogP contribution in [0.1, 0.15) is 194 Å². The second-order valence-electron chi connectivity index (χ2n) is 16.4. The molecule has 0 aliphatic carbocycles. The Morgan fingerprint density at radius 2 is 0.982 bits per heavy atom. The van der Waals surface area contributed by atoms with Crippen LogP contribution in [0.25, 0.3) is 0 Å². The summed E-state index contributed by atoms with van der Waals surface area (Å²) in [5.74, 6) is -0.890. The Kier molecular flexibility index (Phi) is 37.5. The number of phosphoric acid groups is 1. The first-order chi connectivity index (χ1) is 27.0. The summed E-state index contributed by atoms with van der Waals surface area (Å²) in [6.45, 7) is 4.17. The van der Waals surface area contributed by atoms with Crippen LogP contribution in [0.15, 0.2) is 36.5 Å². The fourth-order valence-electron chi connectivity index (χ4n) is 6.04. The first-order valence-electron chi connectivity index (χ1n) is 22.7. The van der Waals surface area contributed by atoms with E-state index >= 15 is 0 Å². The number of allylic oxidation sites excluding steroid dienone is 6. The summed E-state index contributed by atoms with van der Waals surface area (Å²) in [6.07, 6.45) is 43.2. The number of rotatable bonds is 41. The maximum Gasteiger partial charge on any atom is 0.306 e. The van der Waals surface area contributed by atoms with E-state index in [1.807, 2.05) is 21.1 Å². The number of quaternary nitrogens is 1. The topological polar surface area (TPSA) is 111 Å². The van der Waals surface area contributed by atoms with Gasteiger partial charge < -0.3 is 27.9 Å². The quantitative estimate of drug-likeness (QED) is 0.0197. The number of unbranched alkanes of at least 4 members (excludes halogenated alkanes) is 21. The van der Waals surface area contributed by atoms with E-state index in [0.29, 0.717) is 23.9 Å². The van der Waals surface area contributed by atoms with Crippen molar-refractivity contribution >= 4 is 19.8 Å². The molecule has 0 radical (unpaired) electrons. The Bertz CT molecular complexity index is 1050. The molecule has 0 N–H and O–H groups in total. The zero-order chi connectivity index (χ0) is 41.4. The van der Waals surface area contributed by atoms with Crippen molar-refractivity contribution in [2.24, 2.45) is 0 Å². The molecule has 0 heterocycles. The first-order valence-corrected chi connectivity index (χ1v) is 24.2. The Balaban J connectivity index is 4.40. The zero-order valence-electron chi connectivity index (χ0n) is 36.8. The van der Waals surface area contributed by atoms with Gasteiger partial charge in [0.1, 0.15) is 19.8 Å². The van der Waals surface area contributed by atoms with Gasteiger partial charge in [-0.25, -0.2) is 0 Å². The Morgan fingerprint density at radius 3 is 1.50 bits per heavy atom. The number of hydrogen-bond acceptors (Lipinski definition) is 8. The number of ether oxygens (including phenoxy) is 2. The van der Waals surface area contributed by atoms with E-state index in [1.165, 1.54) is 109 Å². The predicted molar refractivity (Wildman–Crippen MR) is 231 cm³/mol. The highest BCUT2D eigenvalue weighted by Crippen LogP contribution is 2.38. The number of likely N-dealkylation sites (N-methyl/N-ethyl adjacent to an activating group) is 1. The summed E-state index contributed by atoms with van der Waals surface area (Å²) in [4.78, 5) is 37.5. The van der Waals surface area contributed by atoms with Crippen molar-refractivity contribution in [3.63, 3.8) is 0 Å². The van der Waals surface area contributed by atoms with Gasteiger partial charge in [-0.1, -0.05) is 153 Å². The number of esters is 2. The molecule has 0 saturated heterocycles. The lowest BCUT2D eigenvalue weighted by Crippen LogP contribution is -2.37. The van der Waals surface area contributed by atoms with Gasteiger partial charge >= 0.3 is 11.9 Å². The molecule has 0 fully saturated rings. The molecule has 2 atom stereocenters. The largest absolute Gasteiger partial charge is 0.756 e. The van der Waals surface area contributed by atoms with Crippen molar-refractivity contribution in [3.05, 3.63) is 36.5 Å². The van der Waals surface area contributed by atoms with E-state index < -0.39 is 32.5 Å². The summed E-state index contributed by atoms with van der Waals surface area (Å²) in [6, 6.07) is 0. The first kappa shape index (κ1) is 54.2. The summed E-state index contributed by atoms with van der Waals surface area (Å²) < 4.78 is 33.9. The smallest absolute Gasteiger partial charge is 0.306 e. The summed E-state index contributed by atoms with van der Waals surface area (Å²) in [5, 5.41) is 0. The molecule has 0 aromatic carbocycles. The molecule has 0 aliphatic heterocycles. The van der Waals surface area contributed by atoms with E-state index in [1.54, 1.807) is 0 Å². The molecule has 328 valence electrons. The minimum absolute atomic E-state index is 0.0376. The van der Waals surface area contributed by atoms with E-state index in [9.17, 15) is 19.0 Å². The Hall–Kier alpha value is -1.77. The van der Waals surface area contributed by atoms with Gasteiger partial charge in [-0.15, -0.1) is 0 Å². The lowest BCUT2D eigenvalue weighted by molar-refractivity contribution is -0.870. The third-order valence-electron chi connectivity index (χ3n) is 9.63. The van der Waals surface area contributed by atoms with E-state index in [-0.39, 0.29) is 26.1 Å². The second-order valence-corrected chi connectivity index (χ2v) is 17.8. The number of carbonyl (C=O) groups excluding carboxylic acids is 2. The average Bonchev–Trinajstić information content (AvgIpc) is 3.15. The third-order valence-corrected chi connectivity index (χ3v) is 10.6. The Labute approximate surface area is 344 Å². The van der Waals surface area contributed by atoms with Gasteiger partial charge in [-0.05, 0) is 64.2 Å². The van der Waals surface area contributed by atoms with E-state index in [2.05, 4.69) is 50.3 Å². The van der Waals surface area contributed by atoms with Crippen LogP contribution in [-0.2, 0) is 32.7 Å². The van der Waals surface area contributed by atoms with Crippen LogP contribution in [0.3, 0.4) is 0 Å². The van der Waals surface area contributed by atoms with Crippen LogP contribution >= 0.6 is 7.82 Å². The molecule has 9 nitrogen and oxygen atoms in total. The van der Waals surface area contributed by atoms with Gasteiger partial charge in [0, 0.05) is 12.8 Å². The molecule has 0 aliphatic rings. The molecular formula is C46H86NO8P. The lowest BCUT2D eigenvalue weighted by Gasteiger charge is -2.28. The number of carbonyl (C=O) groups is 2. The highest BCUT2D eigenvalue weighted by Gasteiger charge is 2.21. The molecule has 0 saturated carbocycles. The number of nitrogens with zero attached hydrogens (tertiary/aromatic N) is 1. The zero-order valence-corrected chi connectivity index (χ0v) is 37.7. The Morgan fingerprint density at radius 1 is 0.554 bits per heavy atom. The van der Waals surface area contributed by atoms with Crippen molar-refractivity contribution in [2.75, 3.05) is 47.5 Å². The van der Waals surface area contributed by atoms with E-state index in [4.69, 9.17) is 18.5 Å². The molecule has 1 unspecified atom stereocenters. The maximum absolute atomic E-state index is 12.7. The average molecular weight is 812 g/mol.